The quantitative estimate of drug-likeness (QED) is 0.316. The molecule has 8 rings (SSSR count). The van der Waals surface area contributed by atoms with Crippen molar-refractivity contribution in [3.8, 4) is 0 Å². The van der Waals surface area contributed by atoms with Crippen molar-refractivity contribution in [2.45, 2.75) is 181 Å². The Morgan fingerprint density at radius 3 is 1.94 bits per heavy atom. The summed E-state index contributed by atoms with van der Waals surface area (Å²) in [6.45, 7) is 28.9. The second-order valence-electron chi connectivity index (χ2n) is 17.6. The Kier molecular flexibility index (Phi) is 15.2. The summed E-state index contributed by atoms with van der Waals surface area (Å²) < 4.78 is 0. The number of hydrogen-bond donors (Lipinski definition) is 0. The predicted molar refractivity (Wildman–Crippen MR) is 212 cm³/mol. The fraction of sp³-hybridized carbons (Fsp3) is 0.860. The number of fused-ring (bicyclic) bond motifs is 4. The Labute approximate surface area is 303 Å². The zero-order valence-corrected chi connectivity index (χ0v) is 33.5. The first-order valence-corrected chi connectivity index (χ1v) is 21.2. The first-order chi connectivity index (χ1) is 23.6. The Morgan fingerprint density at radius 1 is 0.551 bits per heavy atom. The molecule has 4 unspecified atom stereocenters. The lowest BCUT2D eigenvalue weighted by molar-refractivity contribution is 0.0126. The van der Waals surface area contributed by atoms with Gasteiger partial charge in [0.05, 0.1) is 12.8 Å². The van der Waals surface area contributed by atoms with Crippen LogP contribution < -0.4 is 4.90 Å². The molecule has 6 fully saturated rings. The van der Waals surface area contributed by atoms with Gasteiger partial charge in [-0.25, -0.2) is 0 Å². The summed E-state index contributed by atoms with van der Waals surface area (Å²) in [6.07, 6.45) is 19.3. The van der Waals surface area contributed by atoms with Crippen LogP contribution in [0.2, 0.25) is 0 Å². The van der Waals surface area contributed by atoms with E-state index in [9.17, 15) is 0 Å². The zero-order valence-electron chi connectivity index (χ0n) is 33.5. The number of likely N-dealkylation sites (tertiary alicyclic amines) is 1. The molecule has 6 heteroatoms. The Balaban J connectivity index is 0.000000128. The fourth-order valence-electron chi connectivity index (χ4n) is 10.3. The van der Waals surface area contributed by atoms with Crippen LogP contribution in [0.5, 0.6) is 0 Å². The lowest BCUT2D eigenvalue weighted by atomic mass is 9.78. The van der Waals surface area contributed by atoms with E-state index in [1.165, 1.54) is 147 Å². The largest absolute Gasteiger partial charge is 0.369 e. The van der Waals surface area contributed by atoms with Crippen molar-refractivity contribution >= 4 is 5.69 Å². The summed E-state index contributed by atoms with van der Waals surface area (Å²) in [6, 6.07) is 13.5. The molecule has 0 amide bonds. The second kappa shape index (κ2) is 19.1. The van der Waals surface area contributed by atoms with E-state index in [0.717, 1.165) is 42.3 Å². The minimum atomic E-state index is 0.626. The van der Waals surface area contributed by atoms with E-state index < -0.39 is 0 Å². The average molecular weight is 679 g/mol. The molecular formula is C43H78N6. The van der Waals surface area contributed by atoms with Gasteiger partial charge in [0, 0.05) is 68.1 Å². The van der Waals surface area contributed by atoms with Crippen LogP contribution in [0, 0.1) is 5.92 Å². The second-order valence-corrected chi connectivity index (χ2v) is 17.6. The number of hydrogen-bond acceptors (Lipinski definition) is 6. The smallest absolute Gasteiger partial charge is 0.0625 e. The van der Waals surface area contributed by atoms with Crippen LogP contribution in [0.3, 0.4) is 0 Å². The molecule has 1 aromatic rings. The predicted octanol–water partition coefficient (Wildman–Crippen LogP) is 8.55. The van der Waals surface area contributed by atoms with Crippen LogP contribution in [0.1, 0.15) is 138 Å². The monoisotopic (exact) mass is 679 g/mol. The molecule has 280 valence electrons. The molecule has 0 radical (unpaired) electrons. The Hall–Kier alpha value is -1.18. The highest BCUT2D eigenvalue weighted by Gasteiger charge is 2.36. The van der Waals surface area contributed by atoms with Gasteiger partial charge < -0.3 is 4.90 Å². The van der Waals surface area contributed by atoms with Crippen LogP contribution in [0.15, 0.2) is 24.3 Å². The normalized spacial score (nSPS) is 29.4. The standard InChI is InChI=1S/C12H23N.C12H17N.C10H20N2.C9H18N2/c2*1-10(2)13-9-5-7-11-6-3-4-8-12(11)13;1-9(2)12-8-4-7-11-6-3-5-10(11)12;1-8(2)11-6-9-4-3-5-10(9)7-11/h10-12H,3-9H2,1-2H3;3-4,6,8,10H,5,7,9H2,1-2H3;9-10H,3-8H2,1-2H3;8-9H,3-7H2,1-2H3. The zero-order chi connectivity index (χ0) is 34.9. The van der Waals surface area contributed by atoms with E-state index in [4.69, 9.17) is 0 Å². The summed E-state index contributed by atoms with van der Waals surface area (Å²) in [5, 5.41) is 0. The first-order valence-electron chi connectivity index (χ1n) is 21.2. The van der Waals surface area contributed by atoms with E-state index in [0.29, 0.717) is 6.04 Å². The molecule has 49 heavy (non-hydrogen) atoms. The molecule has 6 aliphatic heterocycles. The number of aryl methyl sites for hydroxylation is 1. The number of piperidine rings is 1. The van der Waals surface area contributed by atoms with Crippen LogP contribution in [-0.4, -0.2) is 119 Å². The van der Waals surface area contributed by atoms with E-state index in [1.807, 2.05) is 0 Å². The third-order valence-electron chi connectivity index (χ3n) is 13.0. The number of benzene rings is 1. The highest BCUT2D eigenvalue weighted by atomic mass is 15.4. The maximum atomic E-state index is 2.76. The van der Waals surface area contributed by atoms with Gasteiger partial charge in [-0.15, -0.1) is 0 Å². The van der Waals surface area contributed by atoms with Crippen LogP contribution >= 0.6 is 0 Å². The van der Waals surface area contributed by atoms with Gasteiger partial charge in [-0.2, -0.15) is 0 Å². The molecular weight excluding hydrogens is 601 g/mol. The Morgan fingerprint density at radius 2 is 1.20 bits per heavy atom. The van der Waals surface area contributed by atoms with Gasteiger partial charge in [-0.1, -0.05) is 31.0 Å². The van der Waals surface area contributed by atoms with Gasteiger partial charge >= 0.3 is 0 Å². The number of para-hydroxylation sites is 1. The maximum absolute atomic E-state index is 2.76. The van der Waals surface area contributed by atoms with Gasteiger partial charge in [0.25, 0.3) is 0 Å². The molecule has 5 saturated heterocycles. The fourth-order valence-corrected chi connectivity index (χ4v) is 10.3. The molecule has 6 heterocycles. The maximum Gasteiger partial charge on any atom is 0.0625 e. The SMILES string of the molecule is CC(C)N1CC2CCCN2C1.CC(C)N1CCCC2CCCCC21.CC(C)N1CCCN2CCCC21.CC(C)N1CCCc2ccccc21. The summed E-state index contributed by atoms with van der Waals surface area (Å²) >= 11 is 0. The molecule has 0 spiro atoms. The van der Waals surface area contributed by atoms with E-state index in [1.54, 1.807) is 0 Å². The minimum Gasteiger partial charge on any atom is -0.369 e. The third kappa shape index (κ3) is 10.5. The van der Waals surface area contributed by atoms with Crippen molar-refractivity contribution in [2.24, 2.45) is 5.92 Å². The molecule has 1 aliphatic carbocycles. The summed E-state index contributed by atoms with van der Waals surface area (Å²) in [4.78, 5) is 15.8. The van der Waals surface area contributed by atoms with Crippen LogP contribution in [-0.2, 0) is 6.42 Å². The van der Waals surface area contributed by atoms with Crippen molar-refractivity contribution in [1.82, 2.24) is 24.5 Å². The topological polar surface area (TPSA) is 19.4 Å². The molecule has 1 aromatic carbocycles. The molecule has 0 bridgehead atoms. The molecule has 1 saturated carbocycles. The Bertz CT molecular complexity index is 1070. The average Bonchev–Trinajstić information content (AvgIpc) is 3.86. The number of rotatable bonds is 4. The summed E-state index contributed by atoms with van der Waals surface area (Å²) in [5.74, 6) is 1.05. The van der Waals surface area contributed by atoms with Gasteiger partial charge in [-0.05, 0) is 163 Å². The molecule has 0 aromatic heterocycles. The van der Waals surface area contributed by atoms with E-state index >= 15 is 0 Å². The van der Waals surface area contributed by atoms with Gasteiger partial charge in [0.15, 0.2) is 0 Å². The van der Waals surface area contributed by atoms with Crippen LogP contribution in [0.25, 0.3) is 0 Å². The molecule has 6 nitrogen and oxygen atoms in total. The molecule has 0 N–H and O–H groups in total. The van der Waals surface area contributed by atoms with Crippen LogP contribution in [0.4, 0.5) is 5.69 Å². The van der Waals surface area contributed by atoms with Crippen molar-refractivity contribution in [1.29, 1.82) is 0 Å². The highest BCUT2D eigenvalue weighted by Crippen LogP contribution is 2.36. The van der Waals surface area contributed by atoms with Gasteiger partial charge in [0.1, 0.15) is 0 Å². The van der Waals surface area contributed by atoms with Gasteiger partial charge in [0.2, 0.25) is 0 Å². The highest BCUT2D eigenvalue weighted by molar-refractivity contribution is 5.55. The van der Waals surface area contributed by atoms with Gasteiger partial charge in [-0.3, -0.25) is 24.5 Å². The van der Waals surface area contributed by atoms with E-state index in [2.05, 4.69) is 109 Å². The number of anilines is 1. The van der Waals surface area contributed by atoms with Crippen molar-refractivity contribution in [2.75, 3.05) is 57.4 Å². The molecule has 4 atom stereocenters. The lowest BCUT2D eigenvalue weighted by Gasteiger charge is -2.46. The minimum absolute atomic E-state index is 0.626. The van der Waals surface area contributed by atoms with Crippen molar-refractivity contribution in [3.05, 3.63) is 29.8 Å². The first kappa shape index (κ1) is 39.0. The van der Waals surface area contributed by atoms with Crippen molar-refractivity contribution < 1.29 is 0 Å². The van der Waals surface area contributed by atoms with E-state index in [-0.39, 0.29) is 0 Å². The summed E-state index contributed by atoms with van der Waals surface area (Å²) in [7, 11) is 0. The number of nitrogens with zero attached hydrogens (tertiary/aromatic N) is 6. The summed E-state index contributed by atoms with van der Waals surface area (Å²) in [5.41, 5.74) is 2.96. The van der Waals surface area contributed by atoms with Crippen molar-refractivity contribution in [3.63, 3.8) is 0 Å². The lowest BCUT2D eigenvalue weighted by Crippen LogP contribution is -2.52. The molecule has 7 aliphatic rings. The third-order valence-corrected chi connectivity index (χ3v) is 13.0.